The van der Waals surface area contributed by atoms with Crippen molar-refractivity contribution < 1.29 is 9.66 Å². The Kier molecular flexibility index (Phi) is 3.25. The molecule has 0 atom stereocenters. The molecular formula is C14H19N3O3. The smallest absolute Gasteiger partial charge is 0.315 e. The normalized spacial score (nSPS) is 21.3. The Morgan fingerprint density at radius 3 is 2.65 bits per heavy atom. The number of anilines is 2. The number of hydrogen-bond donors (Lipinski definition) is 1. The summed E-state index contributed by atoms with van der Waals surface area (Å²) in [5.41, 5.74) is 6.65. The van der Waals surface area contributed by atoms with Gasteiger partial charge in [0.05, 0.1) is 10.5 Å². The van der Waals surface area contributed by atoms with Crippen LogP contribution in [0.3, 0.4) is 0 Å². The topological polar surface area (TPSA) is 81.6 Å². The quantitative estimate of drug-likeness (QED) is 0.509. The first-order valence-corrected chi connectivity index (χ1v) is 7.03. The van der Waals surface area contributed by atoms with Gasteiger partial charge in [-0.05, 0) is 37.8 Å². The third kappa shape index (κ3) is 2.20. The number of nitrogens with two attached hydrogens (primary N) is 1. The summed E-state index contributed by atoms with van der Waals surface area (Å²) >= 11 is 0. The molecule has 0 unspecified atom stereocenters. The van der Waals surface area contributed by atoms with Crippen LogP contribution in [0.25, 0.3) is 0 Å². The number of nitrogen functional groups attached to an aromatic ring is 1. The van der Waals surface area contributed by atoms with E-state index < -0.39 is 0 Å². The fraction of sp³-hybridized carbons (Fsp3) is 0.571. The second-order valence-electron chi connectivity index (χ2n) is 5.59. The SMILES string of the molecule is Nc1cccc(N2CCC3(CCCO3)CC2)c1[N+](=O)[O-]. The predicted molar refractivity (Wildman–Crippen MR) is 76.9 cm³/mol. The molecule has 0 aromatic heterocycles. The summed E-state index contributed by atoms with van der Waals surface area (Å²) in [4.78, 5) is 12.9. The molecule has 1 aromatic rings. The van der Waals surface area contributed by atoms with Crippen LogP contribution < -0.4 is 10.6 Å². The van der Waals surface area contributed by atoms with Crippen molar-refractivity contribution in [3.8, 4) is 0 Å². The molecule has 0 saturated carbocycles. The van der Waals surface area contributed by atoms with E-state index in [1.165, 1.54) is 0 Å². The first-order chi connectivity index (χ1) is 9.61. The second-order valence-corrected chi connectivity index (χ2v) is 5.59. The van der Waals surface area contributed by atoms with Crippen LogP contribution in [0, 0.1) is 10.1 Å². The van der Waals surface area contributed by atoms with Gasteiger partial charge in [0.15, 0.2) is 0 Å². The summed E-state index contributed by atoms with van der Waals surface area (Å²) in [6.45, 7) is 2.41. The standard InChI is InChI=1S/C14H19N3O3/c15-11-3-1-4-12(13(11)17(18)19)16-8-6-14(7-9-16)5-2-10-20-14/h1,3-4H,2,5-10,15H2. The molecule has 2 fully saturated rings. The van der Waals surface area contributed by atoms with E-state index in [0.717, 1.165) is 45.4 Å². The Morgan fingerprint density at radius 1 is 1.30 bits per heavy atom. The van der Waals surface area contributed by atoms with Crippen LogP contribution in [-0.4, -0.2) is 30.2 Å². The molecular weight excluding hydrogens is 258 g/mol. The first-order valence-electron chi connectivity index (χ1n) is 7.03. The van der Waals surface area contributed by atoms with Gasteiger partial charge < -0.3 is 15.4 Å². The number of nitro benzene ring substituents is 1. The fourth-order valence-electron chi connectivity index (χ4n) is 3.31. The monoisotopic (exact) mass is 277 g/mol. The molecule has 0 bridgehead atoms. The Labute approximate surface area is 117 Å². The Balaban J connectivity index is 1.81. The minimum atomic E-state index is -0.388. The lowest BCUT2D eigenvalue weighted by molar-refractivity contribution is -0.383. The number of nitro groups is 1. The van der Waals surface area contributed by atoms with Gasteiger partial charge in [-0.3, -0.25) is 10.1 Å². The number of benzene rings is 1. The number of hydrogen-bond acceptors (Lipinski definition) is 5. The maximum atomic E-state index is 11.2. The number of rotatable bonds is 2. The number of para-hydroxylation sites is 1. The lowest BCUT2D eigenvalue weighted by atomic mass is 9.88. The molecule has 2 aliphatic rings. The van der Waals surface area contributed by atoms with Crippen molar-refractivity contribution in [3.05, 3.63) is 28.3 Å². The summed E-state index contributed by atoms with van der Waals surface area (Å²) in [6, 6.07) is 5.13. The van der Waals surface area contributed by atoms with Gasteiger partial charge >= 0.3 is 5.69 Å². The molecule has 3 rings (SSSR count). The van der Waals surface area contributed by atoms with E-state index in [2.05, 4.69) is 4.90 Å². The van der Waals surface area contributed by atoms with Crippen molar-refractivity contribution in [3.63, 3.8) is 0 Å². The zero-order valence-electron chi connectivity index (χ0n) is 11.4. The number of piperidine rings is 1. The number of ether oxygens (including phenoxy) is 1. The highest BCUT2D eigenvalue weighted by atomic mass is 16.6. The van der Waals surface area contributed by atoms with E-state index in [1.807, 2.05) is 0 Å². The van der Waals surface area contributed by atoms with Crippen molar-refractivity contribution in [2.24, 2.45) is 0 Å². The molecule has 2 saturated heterocycles. The van der Waals surface area contributed by atoms with Crippen LogP contribution in [0.4, 0.5) is 17.1 Å². The Hall–Kier alpha value is -1.82. The minimum Gasteiger partial charge on any atom is -0.393 e. The van der Waals surface area contributed by atoms with Gasteiger partial charge in [0.25, 0.3) is 0 Å². The fourth-order valence-corrected chi connectivity index (χ4v) is 3.31. The number of nitrogens with zero attached hydrogens (tertiary/aromatic N) is 2. The van der Waals surface area contributed by atoms with Gasteiger partial charge in [0, 0.05) is 19.7 Å². The van der Waals surface area contributed by atoms with Gasteiger partial charge in [0.2, 0.25) is 0 Å². The lowest BCUT2D eigenvalue weighted by Gasteiger charge is -2.39. The summed E-state index contributed by atoms with van der Waals surface area (Å²) in [6.07, 6.45) is 4.09. The summed E-state index contributed by atoms with van der Waals surface area (Å²) in [5.74, 6) is 0. The molecule has 6 heteroatoms. The zero-order valence-corrected chi connectivity index (χ0v) is 11.4. The van der Waals surface area contributed by atoms with Crippen LogP contribution in [0.5, 0.6) is 0 Å². The maximum absolute atomic E-state index is 11.2. The van der Waals surface area contributed by atoms with Crippen molar-refractivity contribution in [1.29, 1.82) is 0 Å². The molecule has 6 nitrogen and oxygen atoms in total. The second kappa shape index (κ2) is 4.94. The molecule has 1 aromatic carbocycles. The van der Waals surface area contributed by atoms with Gasteiger partial charge in [-0.1, -0.05) is 6.07 Å². The first kappa shape index (κ1) is 13.2. The van der Waals surface area contributed by atoms with E-state index in [4.69, 9.17) is 10.5 Å². The molecule has 0 aliphatic carbocycles. The molecule has 20 heavy (non-hydrogen) atoms. The van der Waals surface area contributed by atoms with E-state index in [9.17, 15) is 10.1 Å². The zero-order chi connectivity index (χ0) is 14.2. The predicted octanol–water partition coefficient (Wildman–Crippen LogP) is 2.33. The highest BCUT2D eigenvalue weighted by molar-refractivity contribution is 5.75. The molecule has 108 valence electrons. The largest absolute Gasteiger partial charge is 0.393 e. The molecule has 2 N–H and O–H groups in total. The summed E-state index contributed by atoms with van der Waals surface area (Å²) < 4.78 is 5.88. The van der Waals surface area contributed by atoms with Crippen molar-refractivity contribution in [2.75, 3.05) is 30.3 Å². The van der Waals surface area contributed by atoms with E-state index in [-0.39, 0.29) is 21.9 Å². The third-order valence-corrected chi connectivity index (χ3v) is 4.43. The van der Waals surface area contributed by atoms with Gasteiger partial charge in [-0.2, -0.15) is 0 Å². The molecule has 2 aliphatic heterocycles. The van der Waals surface area contributed by atoms with Crippen molar-refractivity contribution in [2.45, 2.75) is 31.3 Å². The van der Waals surface area contributed by atoms with E-state index >= 15 is 0 Å². The van der Waals surface area contributed by atoms with Gasteiger partial charge in [-0.15, -0.1) is 0 Å². The average molecular weight is 277 g/mol. The maximum Gasteiger partial charge on any atom is 0.315 e. The van der Waals surface area contributed by atoms with Crippen LogP contribution in [0.2, 0.25) is 0 Å². The van der Waals surface area contributed by atoms with Crippen LogP contribution in [0.1, 0.15) is 25.7 Å². The summed E-state index contributed by atoms with van der Waals surface area (Å²) in [5, 5.41) is 11.2. The lowest BCUT2D eigenvalue weighted by Crippen LogP contribution is -2.44. The van der Waals surface area contributed by atoms with Crippen molar-refractivity contribution in [1.82, 2.24) is 0 Å². The molecule has 0 radical (unpaired) electrons. The van der Waals surface area contributed by atoms with Crippen LogP contribution in [-0.2, 0) is 4.74 Å². The van der Waals surface area contributed by atoms with E-state index in [1.54, 1.807) is 18.2 Å². The van der Waals surface area contributed by atoms with Gasteiger partial charge in [-0.25, -0.2) is 0 Å². The van der Waals surface area contributed by atoms with Crippen LogP contribution >= 0.6 is 0 Å². The Bertz CT molecular complexity index is 516. The molecule has 2 heterocycles. The molecule has 1 spiro atoms. The molecule has 0 amide bonds. The van der Waals surface area contributed by atoms with Crippen LogP contribution in [0.15, 0.2) is 18.2 Å². The highest BCUT2D eigenvalue weighted by Gasteiger charge is 2.39. The van der Waals surface area contributed by atoms with Crippen molar-refractivity contribution >= 4 is 17.1 Å². The minimum absolute atomic E-state index is 0.0194. The van der Waals surface area contributed by atoms with E-state index in [0.29, 0.717) is 5.69 Å². The highest BCUT2D eigenvalue weighted by Crippen LogP contribution is 2.40. The third-order valence-electron chi connectivity index (χ3n) is 4.43. The Morgan fingerprint density at radius 2 is 2.05 bits per heavy atom. The van der Waals surface area contributed by atoms with Gasteiger partial charge in [0.1, 0.15) is 11.4 Å². The summed E-state index contributed by atoms with van der Waals surface area (Å²) in [7, 11) is 0. The average Bonchev–Trinajstić information content (AvgIpc) is 2.87.